The van der Waals surface area contributed by atoms with E-state index in [9.17, 15) is 9.18 Å². The SMILES string of the molecule is CC1CCc2c(F)cc(Br)cc2N1C(=O)OC(C)(C)C. The Morgan fingerprint density at radius 2 is 2.10 bits per heavy atom. The molecule has 1 aliphatic heterocycles. The Balaban J connectivity index is 2.42. The lowest BCUT2D eigenvalue weighted by molar-refractivity contribution is 0.0563. The number of halogens is 2. The van der Waals surface area contributed by atoms with Crippen molar-refractivity contribution < 1.29 is 13.9 Å². The van der Waals surface area contributed by atoms with Crippen molar-refractivity contribution in [2.45, 2.75) is 52.2 Å². The highest BCUT2D eigenvalue weighted by Crippen LogP contribution is 2.36. The molecule has 0 radical (unpaired) electrons. The second kappa shape index (κ2) is 5.35. The van der Waals surface area contributed by atoms with Gasteiger partial charge in [0.15, 0.2) is 0 Å². The van der Waals surface area contributed by atoms with Crippen LogP contribution in [0.1, 0.15) is 39.7 Å². The molecule has 0 aromatic heterocycles. The fourth-order valence-electron chi connectivity index (χ4n) is 2.36. The van der Waals surface area contributed by atoms with Gasteiger partial charge in [-0.25, -0.2) is 9.18 Å². The van der Waals surface area contributed by atoms with E-state index in [0.717, 1.165) is 6.42 Å². The van der Waals surface area contributed by atoms with Gasteiger partial charge in [0.2, 0.25) is 0 Å². The number of rotatable bonds is 0. The van der Waals surface area contributed by atoms with Crippen molar-refractivity contribution in [3.63, 3.8) is 0 Å². The maximum atomic E-state index is 14.0. The molecule has 0 bridgehead atoms. The Labute approximate surface area is 127 Å². The van der Waals surface area contributed by atoms with Gasteiger partial charge in [-0.05, 0) is 52.7 Å². The molecular formula is C15H19BrFNO2. The summed E-state index contributed by atoms with van der Waals surface area (Å²) in [4.78, 5) is 13.9. The van der Waals surface area contributed by atoms with Crippen molar-refractivity contribution in [1.82, 2.24) is 0 Å². The summed E-state index contributed by atoms with van der Waals surface area (Å²) in [7, 11) is 0. The van der Waals surface area contributed by atoms with Crippen molar-refractivity contribution in [3.8, 4) is 0 Å². The average Bonchev–Trinajstić information content (AvgIpc) is 2.25. The molecule has 1 unspecified atom stereocenters. The van der Waals surface area contributed by atoms with E-state index in [4.69, 9.17) is 4.74 Å². The van der Waals surface area contributed by atoms with Gasteiger partial charge < -0.3 is 4.74 Å². The van der Waals surface area contributed by atoms with Crippen LogP contribution in [0.5, 0.6) is 0 Å². The lowest BCUT2D eigenvalue weighted by Crippen LogP contribution is -2.45. The monoisotopic (exact) mass is 343 g/mol. The fraction of sp³-hybridized carbons (Fsp3) is 0.533. The second-order valence-corrected chi connectivity index (χ2v) is 7.04. The van der Waals surface area contributed by atoms with E-state index in [0.29, 0.717) is 22.1 Å². The Morgan fingerprint density at radius 3 is 2.70 bits per heavy atom. The minimum atomic E-state index is -0.570. The first-order chi connectivity index (χ1) is 9.19. The molecule has 110 valence electrons. The summed E-state index contributed by atoms with van der Waals surface area (Å²) >= 11 is 3.28. The van der Waals surface area contributed by atoms with E-state index >= 15 is 0 Å². The van der Waals surface area contributed by atoms with Gasteiger partial charge in [-0.3, -0.25) is 4.90 Å². The number of hydrogen-bond acceptors (Lipinski definition) is 2. The molecule has 20 heavy (non-hydrogen) atoms. The van der Waals surface area contributed by atoms with Crippen molar-refractivity contribution in [2.24, 2.45) is 0 Å². The number of carbonyl (C=O) groups excluding carboxylic acids is 1. The zero-order chi connectivity index (χ0) is 15.1. The largest absolute Gasteiger partial charge is 0.443 e. The minimum absolute atomic E-state index is 0.00829. The third-order valence-electron chi connectivity index (χ3n) is 3.24. The third kappa shape index (κ3) is 3.14. The van der Waals surface area contributed by atoms with Crippen LogP contribution < -0.4 is 4.90 Å². The first-order valence-corrected chi connectivity index (χ1v) is 7.48. The highest BCUT2D eigenvalue weighted by atomic mass is 79.9. The molecule has 0 saturated carbocycles. The van der Waals surface area contributed by atoms with Gasteiger partial charge in [-0.15, -0.1) is 0 Å². The van der Waals surface area contributed by atoms with E-state index in [-0.39, 0.29) is 11.9 Å². The summed E-state index contributed by atoms with van der Waals surface area (Å²) in [6.07, 6.45) is 0.933. The molecule has 1 heterocycles. The summed E-state index contributed by atoms with van der Waals surface area (Å²) in [5, 5.41) is 0. The van der Waals surface area contributed by atoms with Crippen LogP contribution in [-0.2, 0) is 11.2 Å². The second-order valence-electron chi connectivity index (χ2n) is 6.12. The fourth-order valence-corrected chi connectivity index (χ4v) is 2.78. The zero-order valence-electron chi connectivity index (χ0n) is 12.2. The van der Waals surface area contributed by atoms with Crippen LogP contribution >= 0.6 is 15.9 Å². The van der Waals surface area contributed by atoms with E-state index in [2.05, 4.69) is 15.9 Å². The molecule has 1 aliphatic rings. The van der Waals surface area contributed by atoms with Gasteiger partial charge in [0.25, 0.3) is 0 Å². The molecule has 1 atom stereocenters. The van der Waals surface area contributed by atoms with Gasteiger partial charge in [0, 0.05) is 16.1 Å². The van der Waals surface area contributed by atoms with Crippen LogP contribution in [0.3, 0.4) is 0 Å². The first kappa shape index (κ1) is 15.3. The molecule has 5 heteroatoms. The highest BCUT2D eigenvalue weighted by molar-refractivity contribution is 9.10. The number of hydrogen-bond donors (Lipinski definition) is 0. The number of benzene rings is 1. The topological polar surface area (TPSA) is 29.5 Å². The summed E-state index contributed by atoms with van der Waals surface area (Å²) < 4.78 is 20.1. The molecule has 2 rings (SSSR count). The highest BCUT2D eigenvalue weighted by Gasteiger charge is 2.33. The first-order valence-electron chi connectivity index (χ1n) is 6.69. The van der Waals surface area contributed by atoms with Crippen LogP contribution in [0.25, 0.3) is 0 Å². The molecule has 1 aromatic carbocycles. The maximum Gasteiger partial charge on any atom is 0.415 e. The molecule has 3 nitrogen and oxygen atoms in total. The van der Waals surface area contributed by atoms with Gasteiger partial charge in [-0.1, -0.05) is 15.9 Å². The standard InChI is InChI=1S/C15H19BrFNO2/c1-9-5-6-11-12(17)7-10(16)8-13(11)18(9)14(19)20-15(2,3)4/h7-9H,5-6H2,1-4H3. The Hall–Kier alpha value is -1.10. The summed E-state index contributed by atoms with van der Waals surface area (Å²) in [5.41, 5.74) is 0.612. The predicted octanol–water partition coefficient (Wildman–Crippen LogP) is 4.66. The number of anilines is 1. The molecule has 0 N–H and O–H groups in total. The van der Waals surface area contributed by atoms with Crippen LogP contribution in [0.15, 0.2) is 16.6 Å². The minimum Gasteiger partial charge on any atom is -0.443 e. The van der Waals surface area contributed by atoms with E-state index < -0.39 is 11.7 Å². The molecule has 0 fully saturated rings. The molecule has 0 spiro atoms. The zero-order valence-corrected chi connectivity index (χ0v) is 13.8. The number of carbonyl (C=O) groups is 1. The summed E-state index contributed by atoms with van der Waals surface area (Å²) in [6, 6.07) is 3.20. The van der Waals surface area contributed by atoms with Crippen molar-refractivity contribution in [2.75, 3.05) is 4.90 Å². The number of ether oxygens (including phenoxy) is 1. The Bertz CT molecular complexity index is 539. The quantitative estimate of drug-likeness (QED) is 0.685. The molecule has 0 saturated heterocycles. The maximum absolute atomic E-state index is 14.0. The van der Waals surface area contributed by atoms with Gasteiger partial charge in [0.1, 0.15) is 11.4 Å². The average molecular weight is 344 g/mol. The molecule has 1 aromatic rings. The van der Waals surface area contributed by atoms with Crippen molar-refractivity contribution >= 4 is 27.7 Å². The lowest BCUT2D eigenvalue weighted by Gasteiger charge is -2.36. The van der Waals surface area contributed by atoms with Crippen molar-refractivity contribution in [3.05, 3.63) is 28.0 Å². The van der Waals surface area contributed by atoms with Gasteiger partial charge in [0.05, 0.1) is 5.69 Å². The van der Waals surface area contributed by atoms with E-state index in [1.54, 1.807) is 11.0 Å². The van der Waals surface area contributed by atoms with Crippen molar-refractivity contribution in [1.29, 1.82) is 0 Å². The number of nitrogens with zero attached hydrogens (tertiary/aromatic N) is 1. The molecule has 1 amide bonds. The smallest absolute Gasteiger partial charge is 0.415 e. The van der Waals surface area contributed by atoms with E-state index in [1.807, 2.05) is 27.7 Å². The molecular weight excluding hydrogens is 325 g/mol. The van der Waals surface area contributed by atoms with Crippen LogP contribution in [0.4, 0.5) is 14.9 Å². The Morgan fingerprint density at radius 1 is 1.45 bits per heavy atom. The van der Waals surface area contributed by atoms with Crippen LogP contribution in [0.2, 0.25) is 0 Å². The summed E-state index contributed by atoms with van der Waals surface area (Å²) in [6.45, 7) is 7.41. The lowest BCUT2D eigenvalue weighted by atomic mass is 9.96. The van der Waals surface area contributed by atoms with Crippen LogP contribution in [0, 0.1) is 5.82 Å². The molecule has 0 aliphatic carbocycles. The van der Waals surface area contributed by atoms with Gasteiger partial charge >= 0.3 is 6.09 Å². The Kier molecular flexibility index (Phi) is 4.09. The van der Waals surface area contributed by atoms with E-state index in [1.165, 1.54) is 6.07 Å². The normalized spacial score (nSPS) is 18.7. The predicted molar refractivity (Wildman–Crippen MR) is 80.6 cm³/mol. The summed E-state index contributed by atoms with van der Waals surface area (Å²) in [5.74, 6) is -0.283. The van der Waals surface area contributed by atoms with Crippen LogP contribution in [-0.4, -0.2) is 17.7 Å². The van der Waals surface area contributed by atoms with Gasteiger partial charge in [-0.2, -0.15) is 0 Å². The third-order valence-corrected chi connectivity index (χ3v) is 3.70. The number of amides is 1. The number of fused-ring (bicyclic) bond motifs is 1.